The highest BCUT2D eigenvalue weighted by Crippen LogP contribution is 2.38. The lowest BCUT2D eigenvalue weighted by Crippen LogP contribution is -2.22. The lowest BCUT2D eigenvalue weighted by atomic mass is 10.0. The number of carboxylic acids is 1. The van der Waals surface area contributed by atoms with Crippen molar-refractivity contribution in [1.29, 1.82) is 0 Å². The average molecular weight is 582 g/mol. The normalized spacial score (nSPS) is 13.0. The highest BCUT2D eigenvalue weighted by Gasteiger charge is 2.31. The zero-order chi connectivity index (χ0) is 30.4. The van der Waals surface area contributed by atoms with Crippen LogP contribution in [0, 0.1) is 0 Å². The smallest absolute Gasteiger partial charge is 0.416 e. The molecule has 0 aliphatic carbocycles. The molecule has 0 spiro atoms. The first-order chi connectivity index (χ1) is 19.9. The van der Waals surface area contributed by atoms with Crippen LogP contribution in [0.15, 0.2) is 73.4 Å². The maximum atomic E-state index is 13.7. The van der Waals surface area contributed by atoms with E-state index >= 15 is 0 Å². The van der Waals surface area contributed by atoms with E-state index in [0.717, 1.165) is 17.8 Å². The number of carboxylic acid groups (broad SMARTS) is 1. The number of rotatable bonds is 12. The fourth-order valence-electron chi connectivity index (χ4n) is 4.51. The molecule has 4 N–H and O–H groups in total. The number of nitrogens with one attached hydrogen (secondary N) is 1. The van der Waals surface area contributed by atoms with Gasteiger partial charge in [0.1, 0.15) is 11.5 Å². The molecule has 0 unspecified atom stereocenters. The number of allylic oxidation sites excluding steroid dienone is 1. The third-order valence-corrected chi connectivity index (χ3v) is 6.38. The number of aliphatic hydroxyl groups excluding tert-OH is 2. The third-order valence-electron chi connectivity index (χ3n) is 6.38. The molecule has 4 aromatic rings. The van der Waals surface area contributed by atoms with E-state index in [9.17, 15) is 28.2 Å². The molecule has 0 fully saturated rings. The van der Waals surface area contributed by atoms with Crippen molar-refractivity contribution in [3.8, 4) is 22.6 Å². The number of halogens is 3. The van der Waals surface area contributed by atoms with Crippen LogP contribution in [0.1, 0.15) is 37.6 Å². The second kappa shape index (κ2) is 13.0. The van der Waals surface area contributed by atoms with Gasteiger partial charge in [0.2, 0.25) is 5.95 Å². The molecule has 2 heterocycles. The Bertz CT molecular complexity index is 1560. The van der Waals surface area contributed by atoms with Crippen molar-refractivity contribution < 1.29 is 33.3 Å². The van der Waals surface area contributed by atoms with E-state index in [1.165, 1.54) is 18.3 Å². The summed E-state index contributed by atoms with van der Waals surface area (Å²) in [5.41, 5.74) is 1.58. The molecule has 0 aliphatic rings. The average Bonchev–Trinajstić information content (AvgIpc) is 3.32. The first-order valence-corrected chi connectivity index (χ1v) is 13.1. The molecule has 2 atom stereocenters. The van der Waals surface area contributed by atoms with Crippen molar-refractivity contribution in [1.82, 2.24) is 19.5 Å². The number of alkyl halides is 3. The van der Waals surface area contributed by atoms with Gasteiger partial charge in [0.05, 0.1) is 35.6 Å². The van der Waals surface area contributed by atoms with Crippen molar-refractivity contribution >= 4 is 23.2 Å². The van der Waals surface area contributed by atoms with E-state index in [1.54, 1.807) is 17.6 Å². The number of aliphatic hydroxyl groups is 2. The second-order valence-electron chi connectivity index (χ2n) is 9.83. The van der Waals surface area contributed by atoms with Gasteiger partial charge < -0.3 is 25.2 Å². The number of benzene rings is 2. The second-order valence-corrected chi connectivity index (χ2v) is 9.83. The summed E-state index contributed by atoms with van der Waals surface area (Å²) in [7, 11) is 0. The monoisotopic (exact) mass is 581 g/mol. The summed E-state index contributed by atoms with van der Waals surface area (Å²) in [4.78, 5) is 24.5. The fourth-order valence-corrected chi connectivity index (χ4v) is 4.51. The molecule has 4 rings (SSSR count). The molecule has 2 aromatic heterocycles. The zero-order valence-corrected chi connectivity index (χ0v) is 22.7. The van der Waals surface area contributed by atoms with Gasteiger partial charge >= 0.3 is 12.1 Å². The van der Waals surface area contributed by atoms with Gasteiger partial charge in [0.25, 0.3) is 0 Å². The molecule has 0 saturated heterocycles. The number of hydrogen-bond donors (Lipinski definition) is 4. The van der Waals surface area contributed by atoms with Crippen LogP contribution < -0.4 is 5.32 Å². The van der Waals surface area contributed by atoms with E-state index in [2.05, 4.69) is 21.9 Å². The number of aromatic nitrogens is 4. The standard InChI is InChI=1S/C30H30F3N5O4/c1-18(2)28-37-26(24-11-13-34-29(36-24)35-21-9-4-3-5-10-21)27(19-7-6-8-20(15-19)30(31,32)33)38(28)14-12-22(39)16-23(40)17-25(41)42/h3-11,13,15,22-23,39-40H,1,12,14,16-17H2,2H3,(H,41,42)(H,34,35,36)/t22-,23-/m1/s1. The molecule has 0 aliphatic heterocycles. The summed E-state index contributed by atoms with van der Waals surface area (Å²) in [6.07, 6.45) is -6.06. The van der Waals surface area contributed by atoms with Gasteiger partial charge in [-0.2, -0.15) is 13.2 Å². The Hall–Kier alpha value is -4.55. The Labute approximate surface area is 240 Å². The Morgan fingerprint density at radius 3 is 2.45 bits per heavy atom. The summed E-state index contributed by atoms with van der Waals surface area (Å²) in [6, 6.07) is 15.6. The SMILES string of the molecule is C=C(C)c1nc(-c2ccnc(Nc3ccccc3)n2)c(-c2cccc(C(F)(F)F)c2)n1CC[C@@H](O)C[C@@H](O)CC(=O)O. The van der Waals surface area contributed by atoms with Crippen LogP contribution >= 0.6 is 0 Å². The summed E-state index contributed by atoms with van der Waals surface area (Å²) in [6.45, 7) is 5.78. The Kier molecular flexibility index (Phi) is 9.38. The van der Waals surface area contributed by atoms with Crippen LogP contribution in [0.3, 0.4) is 0 Å². The van der Waals surface area contributed by atoms with Crippen LogP contribution in [0.25, 0.3) is 28.2 Å². The van der Waals surface area contributed by atoms with Gasteiger partial charge in [0.15, 0.2) is 0 Å². The van der Waals surface area contributed by atoms with E-state index in [0.29, 0.717) is 22.8 Å². The van der Waals surface area contributed by atoms with Crippen molar-refractivity contribution in [2.24, 2.45) is 0 Å². The van der Waals surface area contributed by atoms with Crippen LogP contribution in [-0.2, 0) is 17.5 Å². The topological polar surface area (TPSA) is 133 Å². The van der Waals surface area contributed by atoms with Crippen LogP contribution in [0.2, 0.25) is 0 Å². The fraction of sp³-hybridized carbons (Fsp3) is 0.267. The summed E-state index contributed by atoms with van der Waals surface area (Å²) < 4.78 is 42.8. The first kappa shape index (κ1) is 30.4. The van der Waals surface area contributed by atoms with Crippen LogP contribution in [-0.4, -0.2) is 53.0 Å². The summed E-state index contributed by atoms with van der Waals surface area (Å²) in [5.74, 6) is -0.578. The minimum absolute atomic E-state index is 0.0588. The van der Waals surface area contributed by atoms with Gasteiger partial charge in [-0.05, 0) is 55.7 Å². The number of hydrogen-bond acceptors (Lipinski definition) is 7. The molecule has 2 aromatic carbocycles. The number of anilines is 2. The van der Waals surface area contributed by atoms with E-state index in [4.69, 9.17) is 10.1 Å². The first-order valence-electron chi connectivity index (χ1n) is 13.1. The number of para-hydroxylation sites is 1. The van der Waals surface area contributed by atoms with Crippen molar-refractivity contribution in [3.63, 3.8) is 0 Å². The Balaban J connectivity index is 1.80. The number of nitrogens with zero attached hydrogens (tertiary/aromatic N) is 4. The molecule has 220 valence electrons. The minimum atomic E-state index is -4.59. The van der Waals surface area contributed by atoms with E-state index < -0.39 is 36.3 Å². The Morgan fingerprint density at radius 1 is 1.05 bits per heavy atom. The van der Waals surface area contributed by atoms with Gasteiger partial charge in [-0.3, -0.25) is 4.79 Å². The van der Waals surface area contributed by atoms with Gasteiger partial charge in [0, 0.05) is 24.0 Å². The van der Waals surface area contributed by atoms with Gasteiger partial charge in [-0.1, -0.05) is 36.9 Å². The molecular formula is C30H30F3N5O4. The van der Waals surface area contributed by atoms with Gasteiger partial charge in [-0.25, -0.2) is 15.0 Å². The highest BCUT2D eigenvalue weighted by atomic mass is 19.4. The summed E-state index contributed by atoms with van der Waals surface area (Å²) >= 11 is 0. The summed E-state index contributed by atoms with van der Waals surface area (Å²) in [5, 5.41) is 32.5. The molecule has 12 heteroatoms. The lowest BCUT2D eigenvalue weighted by molar-refractivity contribution is -0.139. The zero-order valence-electron chi connectivity index (χ0n) is 22.7. The third kappa shape index (κ3) is 7.59. The van der Waals surface area contributed by atoms with Crippen molar-refractivity contribution in [3.05, 3.63) is 84.8 Å². The van der Waals surface area contributed by atoms with Crippen molar-refractivity contribution in [2.75, 3.05) is 5.32 Å². The number of imidazole rings is 1. The molecule has 0 saturated carbocycles. The highest BCUT2D eigenvalue weighted by molar-refractivity contribution is 5.80. The van der Waals surface area contributed by atoms with Crippen molar-refractivity contribution in [2.45, 2.75) is 51.1 Å². The predicted molar refractivity (Wildman–Crippen MR) is 152 cm³/mol. The predicted octanol–water partition coefficient (Wildman–Crippen LogP) is 5.78. The Morgan fingerprint density at radius 2 is 1.79 bits per heavy atom. The maximum absolute atomic E-state index is 13.7. The number of aliphatic carboxylic acids is 1. The maximum Gasteiger partial charge on any atom is 0.416 e. The molecule has 0 amide bonds. The quantitative estimate of drug-likeness (QED) is 0.166. The van der Waals surface area contributed by atoms with E-state index in [1.807, 2.05) is 30.3 Å². The molecule has 42 heavy (non-hydrogen) atoms. The number of carbonyl (C=O) groups is 1. The molecule has 0 bridgehead atoms. The van der Waals surface area contributed by atoms with Crippen LogP contribution in [0.5, 0.6) is 0 Å². The van der Waals surface area contributed by atoms with Crippen LogP contribution in [0.4, 0.5) is 24.8 Å². The molecular weight excluding hydrogens is 551 g/mol. The van der Waals surface area contributed by atoms with Gasteiger partial charge in [-0.15, -0.1) is 0 Å². The molecule has 9 nitrogen and oxygen atoms in total. The van der Waals surface area contributed by atoms with E-state index in [-0.39, 0.29) is 36.6 Å². The minimum Gasteiger partial charge on any atom is -0.481 e. The molecule has 0 radical (unpaired) electrons. The largest absolute Gasteiger partial charge is 0.481 e. The lowest BCUT2D eigenvalue weighted by Gasteiger charge is -2.18.